The number of nitrogens with one attached hydrogen (secondary N) is 2. The molecule has 0 aromatic heterocycles. The number of hydrogen-bond acceptors (Lipinski definition) is 2. The molecule has 1 saturated carbocycles. The van der Waals surface area contributed by atoms with Gasteiger partial charge >= 0.3 is 6.03 Å². The first kappa shape index (κ1) is 17.8. The Kier molecular flexibility index (Phi) is 6.90. The average molecular weight is 317 g/mol. The van der Waals surface area contributed by atoms with Crippen molar-refractivity contribution in [2.75, 3.05) is 6.54 Å². The molecule has 4 nitrogen and oxygen atoms in total. The number of hydrogen-bond donors (Lipinski definition) is 3. The smallest absolute Gasteiger partial charge is 0.315 e. The summed E-state index contributed by atoms with van der Waals surface area (Å²) in [4.78, 5) is 12.0. The first-order valence-corrected chi connectivity index (χ1v) is 8.86. The van der Waals surface area contributed by atoms with Crippen LogP contribution < -0.4 is 16.4 Å². The van der Waals surface area contributed by atoms with Crippen molar-refractivity contribution in [2.45, 2.75) is 58.0 Å². The lowest BCUT2D eigenvalue weighted by molar-refractivity contribution is 0.213. The number of carbonyl (C=O) groups excluding carboxylic acids is 1. The quantitative estimate of drug-likeness (QED) is 0.755. The number of carbonyl (C=O) groups is 1. The number of rotatable bonds is 6. The molecule has 4 N–H and O–H groups in total. The second kappa shape index (κ2) is 8.92. The molecule has 0 radical (unpaired) electrons. The van der Waals surface area contributed by atoms with Crippen molar-refractivity contribution < 1.29 is 4.79 Å². The van der Waals surface area contributed by atoms with E-state index in [0.717, 1.165) is 25.7 Å². The Hall–Kier alpha value is -1.55. The van der Waals surface area contributed by atoms with Crippen LogP contribution in [-0.4, -0.2) is 24.7 Å². The molecule has 4 heteroatoms. The van der Waals surface area contributed by atoms with Gasteiger partial charge in [0.1, 0.15) is 0 Å². The molecule has 23 heavy (non-hydrogen) atoms. The molecule has 3 unspecified atom stereocenters. The molecule has 0 aliphatic heterocycles. The van der Waals surface area contributed by atoms with Crippen molar-refractivity contribution in [1.29, 1.82) is 0 Å². The summed E-state index contributed by atoms with van der Waals surface area (Å²) in [5.41, 5.74) is 7.39. The van der Waals surface area contributed by atoms with Gasteiger partial charge in [-0.1, -0.05) is 44.2 Å². The van der Waals surface area contributed by atoms with Gasteiger partial charge in [-0.3, -0.25) is 0 Å². The van der Waals surface area contributed by atoms with Gasteiger partial charge in [-0.15, -0.1) is 0 Å². The minimum Gasteiger partial charge on any atom is -0.338 e. The van der Waals surface area contributed by atoms with Crippen LogP contribution in [0.2, 0.25) is 0 Å². The van der Waals surface area contributed by atoms with Gasteiger partial charge in [-0.25, -0.2) is 4.79 Å². The van der Waals surface area contributed by atoms with E-state index in [2.05, 4.69) is 36.6 Å². The molecule has 0 spiro atoms. The minimum absolute atomic E-state index is 0.0526. The highest BCUT2D eigenvalue weighted by molar-refractivity contribution is 5.74. The zero-order valence-electron chi connectivity index (χ0n) is 14.4. The third kappa shape index (κ3) is 6.61. The fourth-order valence-corrected chi connectivity index (χ4v) is 3.69. The van der Waals surface area contributed by atoms with Crippen molar-refractivity contribution in [3.63, 3.8) is 0 Å². The summed E-state index contributed by atoms with van der Waals surface area (Å²) in [6.45, 7) is 5.16. The molecule has 1 aliphatic rings. The Morgan fingerprint density at radius 3 is 2.48 bits per heavy atom. The van der Waals surface area contributed by atoms with Crippen LogP contribution in [0.25, 0.3) is 0 Å². The number of nitrogens with two attached hydrogens (primary N) is 1. The maximum atomic E-state index is 12.0. The average Bonchev–Trinajstić information content (AvgIpc) is 2.47. The summed E-state index contributed by atoms with van der Waals surface area (Å²) >= 11 is 0. The summed E-state index contributed by atoms with van der Waals surface area (Å²) in [5.74, 6) is 1.40. The molecule has 0 bridgehead atoms. The van der Waals surface area contributed by atoms with E-state index in [1.54, 1.807) is 0 Å². The van der Waals surface area contributed by atoms with Crippen molar-refractivity contribution in [3.8, 4) is 0 Å². The Labute approximate surface area is 140 Å². The Morgan fingerprint density at radius 2 is 1.83 bits per heavy atom. The molecule has 2 rings (SSSR count). The topological polar surface area (TPSA) is 67.2 Å². The largest absolute Gasteiger partial charge is 0.338 e. The molecule has 1 aliphatic carbocycles. The van der Waals surface area contributed by atoms with Crippen molar-refractivity contribution >= 4 is 6.03 Å². The zero-order chi connectivity index (χ0) is 16.7. The van der Waals surface area contributed by atoms with Crippen LogP contribution in [0.3, 0.4) is 0 Å². The molecule has 0 saturated heterocycles. The minimum atomic E-state index is -0.0526. The van der Waals surface area contributed by atoms with Crippen molar-refractivity contribution in [1.82, 2.24) is 10.6 Å². The van der Waals surface area contributed by atoms with E-state index in [9.17, 15) is 4.79 Å². The lowest BCUT2D eigenvalue weighted by Crippen LogP contribution is -2.46. The monoisotopic (exact) mass is 317 g/mol. The molecule has 3 atom stereocenters. The van der Waals surface area contributed by atoms with Crippen LogP contribution in [-0.2, 0) is 6.42 Å². The molecule has 1 fully saturated rings. The SMILES string of the molecule is CC1CC(C)CC(NC(=O)NCCC(N)Cc2ccccc2)C1. The lowest BCUT2D eigenvalue weighted by Gasteiger charge is -2.31. The predicted molar refractivity (Wildman–Crippen MR) is 95.2 cm³/mol. The van der Waals surface area contributed by atoms with E-state index < -0.39 is 0 Å². The Bertz CT molecular complexity index is 467. The maximum Gasteiger partial charge on any atom is 0.315 e. The van der Waals surface area contributed by atoms with Crippen LogP contribution >= 0.6 is 0 Å². The second-order valence-electron chi connectivity index (χ2n) is 7.25. The van der Waals surface area contributed by atoms with Crippen LogP contribution in [0, 0.1) is 11.8 Å². The molecule has 2 amide bonds. The number of benzene rings is 1. The van der Waals surface area contributed by atoms with Crippen molar-refractivity contribution in [3.05, 3.63) is 35.9 Å². The lowest BCUT2D eigenvalue weighted by atomic mass is 9.80. The van der Waals surface area contributed by atoms with Gasteiger partial charge in [0.2, 0.25) is 0 Å². The highest BCUT2D eigenvalue weighted by Crippen LogP contribution is 2.28. The first-order chi connectivity index (χ1) is 11.0. The van der Waals surface area contributed by atoms with E-state index in [1.807, 2.05) is 18.2 Å². The van der Waals surface area contributed by atoms with Crippen LogP contribution in [0.15, 0.2) is 30.3 Å². The molecule has 0 heterocycles. The van der Waals surface area contributed by atoms with Gasteiger partial charge in [0.05, 0.1) is 0 Å². The highest BCUT2D eigenvalue weighted by atomic mass is 16.2. The van der Waals surface area contributed by atoms with Gasteiger partial charge in [0.15, 0.2) is 0 Å². The van der Waals surface area contributed by atoms with Gasteiger partial charge in [0, 0.05) is 18.6 Å². The Balaban J connectivity index is 1.62. The van der Waals surface area contributed by atoms with E-state index >= 15 is 0 Å². The van der Waals surface area contributed by atoms with Gasteiger partial charge < -0.3 is 16.4 Å². The van der Waals surface area contributed by atoms with E-state index in [0.29, 0.717) is 24.4 Å². The van der Waals surface area contributed by atoms with Crippen LogP contribution in [0.1, 0.15) is 45.1 Å². The molecular weight excluding hydrogens is 286 g/mol. The fourth-order valence-electron chi connectivity index (χ4n) is 3.69. The Morgan fingerprint density at radius 1 is 1.17 bits per heavy atom. The second-order valence-corrected chi connectivity index (χ2v) is 7.25. The van der Waals surface area contributed by atoms with Crippen LogP contribution in [0.5, 0.6) is 0 Å². The third-order valence-electron chi connectivity index (χ3n) is 4.66. The normalized spacial score (nSPS) is 25.6. The van der Waals surface area contributed by atoms with Gasteiger partial charge in [-0.05, 0) is 49.5 Å². The van der Waals surface area contributed by atoms with Crippen LogP contribution in [0.4, 0.5) is 4.79 Å². The third-order valence-corrected chi connectivity index (χ3v) is 4.66. The predicted octanol–water partition coefficient (Wildman–Crippen LogP) is 3.07. The summed E-state index contributed by atoms with van der Waals surface area (Å²) in [7, 11) is 0. The fraction of sp³-hybridized carbons (Fsp3) is 0.632. The summed E-state index contributed by atoms with van der Waals surface area (Å²) in [5, 5.41) is 6.06. The van der Waals surface area contributed by atoms with Gasteiger partial charge in [0.25, 0.3) is 0 Å². The standard InChI is InChI=1S/C19H31N3O/c1-14-10-15(2)12-18(11-14)22-19(23)21-9-8-17(20)13-16-6-4-3-5-7-16/h3-7,14-15,17-18H,8-13,20H2,1-2H3,(H2,21,22,23). The molecule has 128 valence electrons. The summed E-state index contributed by atoms with van der Waals surface area (Å²) in [6.07, 6.45) is 5.09. The summed E-state index contributed by atoms with van der Waals surface area (Å²) in [6, 6.07) is 10.6. The summed E-state index contributed by atoms with van der Waals surface area (Å²) < 4.78 is 0. The van der Waals surface area contributed by atoms with Crippen molar-refractivity contribution in [2.24, 2.45) is 17.6 Å². The van der Waals surface area contributed by atoms with E-state index in [-0.39, 0.29) is 12.1 Å². The first-order valence-electron chi connectivity index (χ1n) is 8.86. The van der Waals surface area contributed by atoms with E-state index in [1.165, 1.54) is 12.0 Å². The van der Waals surface area contributed by atoms with E-state index in [4.69, 9.17) is 5.73 Å². The zero-order valence-corrected chi connectivity index (χ0v) is 14.4. The molecule has 1 aromatic rings. The highest BCUT2D eigenvalue weighted by Gasteiger charge is 2.24. The molecular formula is C19H31N3O. The molecule has 1 aromatic carbocycles. The van der Waals surface area contributed by atoms with Gasteiger partial charge in [-0.2, -0.15) is 0 Å². The number of urea groups is 1. The maximum absolute atomic E-state index is 12.0. The number of amides is 2.